The summed E-state index contributed by atoms with van der Waals surface area (Å²) in [5.74, 6) is 0.0511. The summed E-state index contributed by atoms with van der Waals surface area (Å²) in [6.07, 6.45) is 6.92. The van der Waals surface area contributed by atoms with Crippen molar-refractivity contribution in [2.75, 3.05) is 32.5 Å². The lowest BCUT2D eigenvalue weighted by Gasteiger charge is -2.33. The van der Waals surface area contributed by atoms with E-state index in [1.54, 1.807) is 11.8 Å². The summed E-state index contributed by atoms with van der Waals surface area (Å²) >= 11 is 1.69. The number of thioether (sulfide) groups is 1. The number of carbonyl (C=O) groups excluding carboxylic acids is 1. The number of rotatable bonds is 5. The number of nitrogens with one attached hydrogen (secondary N) is 1. The lowest BCUT2D eigenvalue weighted by Crippen LogP contribution is -2.46. The summed E-state index contributed by atoms with van der Waals surface area (Å²) < 4.78 is 5.71. The quantitative estimate of drug-likeness (QED) is 0.841. The highest BCUT2D eigenvalue weighted by Gasteiger charge is 2.24. The molecule has 2 fully saturated rings. The molecule has 0 unspecified atom stereocenters. The van der Waals surface area contributed by atoms with Crippen LogP contribution in [-0.4, -0.2) is 55.4 Å². The topological polar surface area (TPSA) is 41.6 Å². The maximum absolute atomic E-state index is 12.3. The highest BCUT2D eigenvalue weighted by Crippen LogP contribution is 2.18. The van der Waals surface area contributed by atoms with Crippen molar-refractivity contribution in [2.45, 2.75) is 42.7 Å². The Morgan fingerprint density at radius 3 is 2.61 bits per heavy atom. The van der Waals surface area contributed by atoms with Crippen molar-refractivity contribution in [1.29, 1.82) is 0 Å². The Morgan fingerprint density at radius 1 is 1.26 bits per heavy atom. The molecule has 2 saturated heterocycles. The predicted molar refractivity (Wildman–Crippen MR) is 94.1 cm³/mol. The minimum absolute atomic E-state index is 0.0511. The van der Waals surface area contributed by atoms with E-state index in [4.69, 9.17) is 4.74 Å². The first-order valence-electron chi connectivity index (χ1n) is 8.53. The van der Waals surface area contributed by atoms with E-state index in [-0.39, 0.29) is 5.91 Å². The molecule has 2 aliphatic heterocycles. The van der Waals surface area contributed by atoms with Gasteiger partial charge in [0, 0.05) is 42.7 Å². The largest absolute Gasteiger partial charge is 0.377 e. The Labute approximate surface area is 143 Å². The standard InChI is InChI=1S/C18H26N2O2S/c1-23-17-6-4-14(5-7-17)18(21)19-15-8-10-20(11-9-15)13-16-3-2-12-22-16/h4-7,15-16H,2-3,8-13H2,1H3,(H,19,21)/t16-/m1/s1. The summed E-state index contributed by atoms with van der Waals surface area (Å²) in [4.78, 5) is 16.0. The second kappa shape index (κ2) is 8.18. The van der Waals surface area contributed by atoms with Crippen LogP contribution < -0.4 is 5.32 Å². The van der Waals surface area contributed by atoms with E-state index in [1.165, 1.54) is 17.7 Å². The van der Waals surface area contributed by atoms with Crippen LogP contribution in [-0.2, 0) is 4.74 Å². The number of nitrogens with zero attached hydrogens (tertiary/aromatic N) is 1. The molecule has 0 spiro atoms. The van der Waals surface area contributed by atoms with Gasteiger partial charge in [0.25, 0.3) is 5.91 Å². The number of carbonyl (C=O) groups is 1. The first-order valence-corrected chi connectivity index (χ1v) is 9.76. The van der Waals surface area contributed by atoms with Gasteiger partial charge in [-0.25, -0.2) is 0 Å². The van der Waals surface area contributed by atoms with Crippen molar-refractivity contribution in [2.24, 2.45) is 0 Å². The van der Waals surface area contributed by atoms with Crippen LogP contribution in [0.2, 0.25) is 0 Å². The number of hydrogen-bond donors (Lipinski definition) is 1. The second-order valence-electron chi connectivity index (χ2n) is 6.41. The fourth-order valence-electron chi connectivity index (χ4n) is 3.35. The van der Waals surface area contributed by atoms with Gasteiger partial charge >= 0.3 is 0 Å². The Hall–Kier alpha value is -1.04. The minimum Gasteiger partial charge on any atom is -0.377 e. The van der Waals surface area contributed by atoms with Gasteiger partial charge in [0.05, 0.1) is 6.10 Å². The third-order valence-corrected chi connectivity index (χ3v) is 5.50. The van der Waals surface area contributed by atoms with Gasteiger partial charge < -0.3 is 15.0 Å². The number of hydrogen-bond acceptors (Lipinski definition) is 4. The molecule has 0 bridgehead atoms. The maximum atomic E-state index is 12.3. The van der Waals surface area contributed by atoms with Crippen molar-refractivity contribution in [3.8, 4) is 0 Å². The molecule has 2 aliphatic rings. The van der Waals surface area contributed by atoms with Crippen LogP contribution in [0, 0.1) is 0 Å². The average Bonchev–Trinajstić information content (AvgIpc) is 3.10. The Kier molecular flexibility index (Phi) is 5.97. The highest BCUT2D eigenvalue weighted by molar-refractivity contribution is 7.98. The van der Waals surface area contributed by atoms with Gasteiger partial charge in [-0.1, -0.05) is 0 Å². The second-order valence-corrected chi connectivity index (χ2v) is 7.29. The molecule has 126 valence electrons. The molecule has 1 amide bonds. The van der Waals surface area contributed by atoms with Crippen LogP contribution in [0.3, 0.4) is 0 Å². The van der Waals surface area contributed by atoms with Crippen molar-refractivity contribution in [3.05, 3.63) is 29.8 Å². The fraction of sp³-hybridized carbons (Fsp3) is 0.611. The smallest absolute Gasteiger partial charge is 0.251 e. The van der Waals surface area contributed by atoms with Gasteiger partial charge in [-0.05, 0) is 56.2 Å². The summed E-state index contributed by atoms with van der Waals surface area (Å²) in [6.45, 7) is 4.08. The molecule has 5 heteroatoms. The van der Waals surface area contributed by atoms with E-state index >= 15 is 0 Å². The van der Waals surface area contributed by atoms with Gasteiger partial charge in [0.15, 0.2) is 0 Å². The fourth-order valence-corrected chi connectivity index (χ4v) is 3.76. The van der Waals surface area contributed by atoms with Crippen molar-refractivity contribution in [1.82, 2.24) is 10.2 Å². The van der Waals surface area contributed by atoms with Crippen LogP contribution >= 0.6 is 11.8 Å². The molecule has 0 radical (unpaired) electrons. The average molecular weight is 334 g/mol. The summed E-state index contributed by atoms with van der Waals surface area (Å²) in [5.41, 5.74) is 0.754. The Balaban J connectivity index is 1.43. The third kappa shape index (κ3) is 4.72. The zero-order chi connectivity index (χ0) is 16.1. The molecule has 0 aromatic heterocycles. The number of ether oxygens (including phenoxy) is 1. The van der Waals surface area contributed by atoms with Crippen LogP contribution in [0.25, 0.3) is 0 Å². The predicted octanol–water partition coefficient (Wildman–Crippen LogP) is 2.78. The Morgan fingerprint density at radius 2 is 2.00 bits per heavy atom. The molecule has 23 heavy (non-hydrogen) atoms. The number of benzene rings is 1. The van der Waals surface area contributed by atoms with Crippen LogP contribution in [0.15, 0.2) is 29.2 Å². The zero-order valence-corrected chi connectivity index (χ0v) is 14.6. The molecule has 1 aromatic rings. The highest BCUT2D eigenvalue weighted by atomic mass is 32.2. The van der Waals surface area contributed by atoms with E-state index < -0.39 is 0 Å². The number of likely N-dealkylation sites (tertiary alicyclic amines) is 1. The first-order chi connectivity index (χ1) is 11.2. The van der Waals surface area contributed by atoms with Crippen LogP contribution in [0.1, 0.15) is 36.0 Å². The molecule has 1 atom stereocenters. The lowest BCUT2D eigenvalue weighted by atomic mass is 10.0. The zero-order valence-electron chi connectivity index (χ0n) is 13.8. The molecular formula is C18H26N2O2S. The summed E-state index contributed by atoms with van der Waals surface area (Å²) in [5, 5.41) is 3.18. The molecule has 1 aromatic carbocycles. The van der Waals surface area contributed by atoms with Crippen molar-refractivity contribution >= 4 is 17.7 Å². The van der Waals surface area contributed by atoms with Gasteiger partial charge in [-0.2, -0.15) is 0 Å². The molecular weight excluding hydrogens is 308 g/mol. The van der Waals surface area contributed by atoms with Crippen LogP contribution in [0.4, 0.5) is 0 Å². The molecule has 2 heterocycles. The molecule has 1 N–H and O–H groups in total. The Bertz CT molecular complexity index is 506. The van der Waals surface area contributed by atoms with E-state index in [0.29, 0.717) is 12.1 Å². The number of amides is 1. The molecule has 0 aliphatic carbocycles. The van der Waals surface area contributed by atoms with Gasteiger partial charge in [-0.15, -0.1) is 11.8 Å². The summed E-state index contributed by atoms with van der Waals surface area (Å²) in [7, 11) is 0. The SMILES string of the molecule is CSc1ccc(C(=O)NC2CCN(C[C@H]3CCCO3)CC2)cc1. The van der Waals surface area contributed by atoms with E-state index in [2.05, 4.69) is 10.2 Å². The van der Waals surface area contributed by atoms with E-state index in [9.17, 15) is 4.79 Å². The van der Waals surface area contributed by atoms with Gasteiger partial charge in [0.2, 0.25) is 0 Å². The monoisotopic (exact) mass is 334 g/mol. The first kappa shape index (κ1) is 16.8. The number of piperidine rings is 1. The normalized spacial score (nSPS) is 23.1. The van der Waals surface area contributed by atoms with E-state index in [1.807, 2.05) is 30.5 Å². The maximum Gasteiger partial charge on any atom is 0.251 e. The van der Waals surface area contributed by atoms with E-state index in [0.717, 1.165) is 44.6 Å². The minimum atomic E-state index is 0.0511. The van der Waals surface area contributed by atoms with Crippen molar-refractivity contribution in [3.63, 3.8) is 0 Å². The van der Waals surface area contributed by atoms with Gasteiger partial charge in [-0.3, -0.25) is 4.79 Å². The molecule has 0 saturated carbocycles. The molecule has 3 rings (SSSR count). The van der Waals surface area contributed by atoms with Gasteiger partial charge in [0.1, 0.15) is 0 Å². The van der Waals surface area contributed by atoms with Crippen molar-refractivity contribution < 1.29 is 9.53 Å². The lowest BCUT2D eigenvalue weighted by molar-refractivity contribution is 0.0613. The third-order valence-electron chi connectivity index (χ3n) is 4.76. The molecule has 4 nitrogen and oxygen atoms in total. The van der Waals surface area contributed by atoms with Crippen LogP contribution in [0.5, 0.6) is 0 Å². The summed E-state index contributed by atoms with van der Waals surface area (Å²) in [6, 6.07) is 8.12.